The van der Waals surface area contributed by atoms with Crippen molar-refractivity contribution in [2.45, 2.75) is 13.1 Å². The summed E-state index contributed by atoms with van der Waals surface area (Å²) < 4.78 is 6.42. The van der Waals surface area contributed by atoms with Crippen molar-refractivity contribution in [1.29, 1.82) is 0 Å². The zero-order chi connectivity index (χ0) is 9.14. The van der Waals surface area contributed by atoms with Crippen LogP contribution in [0.5, 0.6) is 0 Å². The fraction of sp³-hybridized carbons (Fsp3) is 0.500. The number of furan rings is 1. The first-order valence-electron chi connectivity index (χ1n) is 3.75. The van der Waals surface area contributed by atoms with Gasteiger partial charge in [-0.2, -0.15) is 0 Å². The molecule has 0 saturated heterocycles. The molecule has 2 N–H and O–H groups in total. The number of halogens is 1. The molecule has 68 valence electrons. The summed E-state index contributed by atoms with van der Waals surface area (Å²) in [5, 5.41) is 0. The highest BCUT2D eigenvalue weighted by Crippen LogP contribution is 2.21. The van der Waals surface area contributed by atoms with Gasteiger partial charge in [0.1, 0.15) is 11.5 Å². The lowest BCUT2D eigenvalue weighted by Gasteiger charge is -2.05. The summed E-state index contributed by atoms with van der Waals surface area (Å²) in [6.45, 7) is 1.24. The fourth-order valence-electron chi connectivity index (χ4n) is 0.987. The summed E-state index contributed by atoms with van der Waals surface area (Å²) in [4.78, 5) is 2.05. The number of rotatable bonds is 3. The van der Waals surface area contributed by atoms with E-state index in [1.165, 1.54) is 0 Å². The smallest absolute Gasteiger partial charge is 0.131 e. The van der Waals surface area contributed by atoms with Gasteiger partial charge in [0.2, 0.25) is 0 Å². The van der Waals surface area contributed by atoms with Gasteiger partial charge in [0, 0.05) is 0 Å². The predicted octanol–water partition coefficient (Wildman–Crippen LogP) is 1.56. The van der Waals surface area contributed by atoms with E-state index in [2.05, 4.69) is 15.9 Å². The molecule has 0 aliphatic carbocycles. The molecule has 3 nitrogen and oxygen atoms in total. The molecule has 1 rings (SSSR count). The Bertz CT molecular complexity index is 258. The Morgan fingerprint density at radius 2 is 2.25 bits per heavy atom. The molecule has 0 aromatic carbocycles. The van der Waals surface area contributed by atoms with Crippen molar-refractivity contribution in [2.24, 2.45) is 5.73 Å². The minimum Gasteiger partial charge on any atom is -0.462 e. The Kier molecular flexibility index (Phi) is 3.31. The van der Waals surface area contributed by atoms with E-state index < -0.39 is 0 Å². The van der Waals surface area contributed by atoms with Crippen molar-refractivity contribution in [3.8, 4) is 0 Å². The highest BCUT2D eigenvalue weighted by molar-refractivity contribution is 9.10. The molecule has 0 radical (unpaired) electrons. The summed E-state index contributed by atoms with van der Waals surface area (Å²) in [6, 6.07) is 1.96. The molecule has 0 amide bonds. The Morgan fingerprint density at radius 1 is 1.58 bits per heavy atom. The molecule has 12 heavy (non-hydrogen) atoms. The van der Waals surface area contributed by atoms with E-state index in [-0.39, 0.29) is 0 Å². The van der Waals surface area contributed by atoms with Crippen LogP contribution in [0.3, 0.4) is 0 Å². The van der Waals surface area contributed by atoms with E-state index in [1.807, 2.05) is 25.1 Å². The number of hydrogen-bond acceptors (Lipinski definition) is 3. The van der Waals surface area contributed by atoms with Crippen LogP contribution in [-0.4, -0.2) is 19.0 Å². The Balaban J connectivity index is 2.75. The van der Waals surface area contributed by atoms with Crippen molar-refractivity contribution >= 4 is 15.9 Å². The molecular weight excluding hydrogens is 220 g/mol. The van der Waals surface area contributed by atoms with Gasteiger partial charge in [-0.1, -0.05) is 0 Å². The van der Waals surface area contributed by atoms with E-state index in [0.29, 0.717) is 6.54 Å². The SMILES string of the molecule is CN(C)Cc1cc(Br)c(CN)o1. The molecule has 0 saturated carbocycles. The van der Waals surface area contributed by atoms with E-state index in [1.54, 1.807) is 0 Å². The normalized spacial score (nSPS) is 11.1. The van der Waals surface area contributed by atoms with Crippen LogP contribution in [0.4, 0.5) is 0 Å². The van der Waals surface area contributed by atoms with Gasteiger partial charge in [0.15, 0.2) is 0 Å². The number of nitrogens with two attached hydrogens (primary N) is 1. The molecular formula is C8H13BrN2O. The van der Waals surface area contributed by atoms with Crippen LogP contribution in [0.1, 0.15) is 11.5 Å². The quantitative estimate of drug-likeness (QED) is 0.861. The van der Waals surface area contributed by atoms with Gasteiger partial charge < -0.3 is 15.1 Å². The van der Waals surface area contributed by atoms with Crippen LogP contribution < -0.4 is 5.73 Å². The average molecular weight is 233 g/mol. The van der Waals surface area contributed by atoms with Crippen molar-refractivity contribution in [3.05, 3.63) is 22.1 Å². The lowest BCUT2D eigenvalue weighted by Crippen LogP contribution is -2.09. The van der Waals surface area contributed by atoms with Gasteiger partial charge in [-0.25, -0.2) is 0 Å². The molecule has 0 unspecified atom stereocenters. The predicted molar refractivity (Wildman–Crippen MR) is 51.7 cm³/mol. The van der Waals surface area contributed by atoms with Crippen LogP contribution in [0.15, 0.2) is 15.0 Å². The van der Waals surface area contributed by atoms with Crippen LogP contribution in [0.25, 0.3) is 0 Å². The standard InChI is InChI=1S/C8H13BrN2O/c1-11(2)5-6-3-7(9)8(4-10)12-6/h3H,4-5,10H2,1-2H3. The third kappa shape index (κ3) is 2.33. The zero-order valence-corrected chi connectivity index (χ0v) is 8.89. The van der Waals surface area contributed by atoms with Gasteiger partial charge in [-0.3, -0.25) is 0 Å². The minimum absolute atomic E-state index is 0.439. The molecule has 0 atom stereocenters. The largest absolute Gasteiger partial charge is 0.462 e. The second-order valence-electron chi connectivity index (χ2n) is 2.93. The van der Waals surface area contributed by atoms with Crippen LogP contribution in [0, 0.1) is 0 Å². The summed E-state index contributed by atoms with van der Waals surface area (Å²) in [7, 11) is 4.00. The third-order valence-corrected chi connectivity index (χ3v) is 2.14. The fourth-order valence-corrected chi connectivity index (χ4v) is 1.49. The molecule has 0 bridgehead atoms. The molecule has 0 aliphatic rings. The Labute approximate surface area is 80.7 Å². The van der Waals surface area contributed by atoms with E-state index >= 15 is 0 Å². The summed E-state index contributed by atoms with van der Waals surface area (Å²) in [5.41, 5.74) is 5.46. The van der Waals surface area contributed by atoms with E-state index in [4.69, 9.17) is 10.2 Å². The molecule has 1 heterocycles. The highest BCUT2D eigenvalue weighted by Gasteiger charge is 2.07. The molecule has 0 aliphatic heterocycles. The minimum atomic E-state index is 0.439. The molecule has 0 spiro atoms. The van der Waals surface area contributed by atoms with Gasteiger partial charge in [0.25, 0.3) is 0 Å². The van der Waals surface area contributed by atoms with E-state index in [0.717, 1.165) is 22.5 Å². The van der Waals surface area contributed by atoms with Gasteiger partial charge >= 0.3 is 0 Å². The molecule has 4 heteroatoms. The van der Waals surface area contributed by atoms with Crippen molar-refractivity contribution in [2.75, 3.05) is 14.1 Å². The van der Waals surface area contributed by atoms with Crippen molar-refractivity contribution in [3.63, 3.8) is 0 Å². The van der Waals surface area contributed by atoms with Crippen molar-refractivity contribution < 1.29 is 4.42 Å². The van der Waals surface area contributed by atoms with Gasteiger partial charge in [0.05, 0.1) is 17.6 Å². The summed E-state index contributed by atoms with van der Waals surface area (Å²) >= 11 is 3.37. The second kappa shape index (κ2) is 4.07. The topological polar surface area (TPSA) is 42.4 Å². The monoisotopic (exact) mass is 232 g/mol. The molecule has 1 aromatic rings. The maximum atomic E-state index is 5.46. The summed E-state index contributed by atoms with van der Waals surface area (Å²) in [6.07, 6.45) is 0. The average Bonchev–Trinajstić information content (AvgIpc) is 2.29. The lowest BCUT2D eigenvalue weighted by molar-refractivity contribution is 0.342. The lowest BCUT2D eigenvalue weighted by atomic mass is 10.4. The number of nitrogens with zero attached hydrogens (tertiary/aromatic N) is 1. The van der Waals surface area contributed by atoms with Crippen LogP contribution >= 0.6 is 15.9 Å². The van der Waals surface area contributed by atoms with E-state index in [9.17, 15) is 0 Å². The van der Waals surface area contributed by atoms with Crippen molar-refractivity contribution in [1.82, 2.24) is 4.90 Å². The first-order valence-corrected chi connectivity index (χ1v) is 4.54. The molecule has 1 aromatic heterocycles. The Morgan fingerprint density at radius 3 is 2.67 bits per heavy atom. The maximum absolute atomic E-state index is 5.46. The number of hydrogen-bond donors (Lipinski definition) is 1. The second-order valence-corrected chi connectivity index (χ2v) is 3.78. The zero-order valence-electron chi connectivity index (χ0n) is 7.30. The third-order valence-electron chi connectivity index (χ3n) is 1.47. The van der Waals surface area contributed by atoms with Gasteiger partial charge in [-0.15, -0.1) is 0 Å². The van der Waals surface area contributed by atoms with Crippen LogP contribution in [-0.2, 0) is 13.1 Å². The summed E-state index contributed by atoms with van der Waals surface area (Å²) in [5.74, 6) is 1.75. The maximum Gasteiger partial charge on any atom is 0.131 e. The highest BCUT2D eigenvalue weighted by atomic mass is 79.9. The Hall–Kier alpha value is -0.320. The molecule has 0 fully saturated rings. The first kappa shape index (κ1) is 9.77. The van der Waals surface area contributed by atoms with Crippen LogP contribution in [0.2, 0.25) is 0 Å². The first-order chi connectivity index (χ1) is 5.63. The van der Waals surface area contributed by atoms with Gasteiger partial charge in [-0.05, 0) is 36.1 Å².